The lowest BCUT2D eigenvalue weighted by Gasteiger charge is -2.34. The standard InChI is InChI=1S/C8H18BCl2O2P/c1-5-8(4,6-7(2,3)9)13-14(10,11)12/h5-6,9H2,1-4H3. The summed E-state index contributed by atoms with van der Waals surface area (Å²) in [5, 5.41) is 0.0910. The van der Waals surface area contributed by atoms with Gasteiger partial charge in [-0.2, -0.15) is 0 Å². The molecule has 0 aromatic carbocycles. The Morgan fingerprint density at radius 2 is 1.79 bits per heavy atom. The molecule has 0 aliphatic carbocycles. The predicted molar refractivity (Wildman–Crippen MR) is 66.3 cm³/mol. The van der Waals surface area contributed by atoms with Crippen LogP contribution in [0, 0.1) is 0 Å². The van der Waals surface area contributed by atoms with Crippen LogP contribution in [-0.4, -0.2) is 13.4 Å². The monoisotopic (exact) mass is 258 g/mol. The third kappa shape index (κ3) is 7.17. The van der Waals surface area contributed by atoms with Crippen molar-refractivity contribution < 1.29 is 9.09 Å². The van der Waals surface area contributed by atoms with Gasteiger partial charge in [-0.3, -0.25) is 9.09 Å². The van der Waals surface area contributed by atoms with Gasteiger partial charge in [0.05, 0.1) is 5.60 Å². The van der Waals surface area contributed by atoms with Crippen molar-refractivity contribution in [3.8, 4) is 0 Å². The van der Waals surface area contributed by atoms with E-state index in [2.05, 4.69) is 21.7 Å². The molecular weight excluding hydrogens is 241 g/mol. The van der Waals surface area contributed by atoms with Crippen molar-refractivity contribution in [2.24, 2.45) is 0 Å². The molecule has 0 aliphatic heterocycles. The molecule has 0 N–H and O–H groups in total. The first-order chi connectivity index (χ1) is 5.97. The van der Waals surface area contributed by atoms with Crippen molar-refractivity contribution in [3.05, 3.63) is 0 Å². The molecule has 2 nitrogen and oxygen atoms in total. The van der Waals surface area contributed by atoms with E-state index in [4.69, 9.17) is 27.0 Å². The van der Waals surface area contributed by atoms with Gasteiger partial charge in [-0.05, 0) is 42.2 Å². The molecule has 0 radical (unpaired) electrons. The molecule has 0 rings (SSSR count). The van der Waals surface area contributed by atoms with E-state index in [1.54, 1.807) is 0 Å². The van der Waals surface area contributed by atoms with Crippen molar-refractivity contribution in [1.29, 1.82) is 0 Å². The average molecular weight is 259 g/mol. The van der Waals surface area contributed by atoms with E-state index in [0.717, 1.165) is 12.8 Å². The second-order valence-corrected chi connectivity index (χ2v) is 9.25. The van der Waals surface area contributed by atoms with Crippen molar-refractivity contribution in [3.63, 3.8) is 0 Å². The molecule has 1 atom stereocenters. The Labute approximate surface area is 97.1 Å². The fraction of sp³-hybridized carbons (Fsp3) is 1.00. The Hall–Kier alpha value is 0.835. The summed E-state index contributed by atoms with van der Waals surface area (Å²) in [6, 6.07) is 0. The Balaban J connectivity index is 4.57. The lowest BCUT2D eigenvalue weighted by Crippen LogP contribution is -2.30. The van der Waals surface area contributed by atoms with Crippen LogP contribution in [-0.2, 0) is 9.09 Å². The minimum Gasteiger partial charge on any atom is -0.300 e. The Morgan fingerprint density at radius 3 is 2.00 bits per heavy atom. The van der Waals surface area contributed by atoms with Crippen molar-refractivity contribution in [2.45, 2.75) is 51.5 Å². The first kappa shape index (κ1) is 14.8. The van der Waals surface area contributed by atoms with Crippen LogP contribution in [0.4, 0.5) is 0 Å². The van der Waals surface area contributed by atoms with Gasteiger partial charge in [-0.25, -0.2) is 0 Å². The highest BCUT2D eigenvalue weighted by Gasteiger charge is 2.35. The van der Waals surface area contributed by atoms with Gasteiger partial charge in [0.1, 0.15) is 7.85 Å². The Kier molecular flexibility index (Phi) is 5.07. The third-order valence-electron chi connectivity index (χ3n) is 1.98. The quantitative estimate of drug-likeness (QED) is 0.551. The summed E-state index contributed by atoms with van der Waals surface area (Å²) in [6.45, 7) is 8.04. The SMILES string of the molecule is BC(C)(C)CC(C)(CC)OP(=O)(Cl)Cl. The molecule has 14 heavy (non-hydrogen) atoms. The summed E-state index contributed by atoms with van der Waals surface area (Å²) in [7, 11) is 2.09. The summed E-state index contributed by atoms with van der Waals surface area (Å²) in [5.41, 5.74) is -0.517. The molecule has 1 unspecified atom stereocenters. The van der Waals surface area contributed by atoms with Crippen LogP contribution >= 0.6 is 28.6 Å². The Bertz CT molecular complexity index is 236. The lowest BCUT2D eigenvalue weighted by atomic mass is 9.66. The van der Waals surface area contributed by atoms with E-state index in [1.165, 1.54) is 0 Å². The number of rotatable bonds is 5. The first-order valence-corrected chi connectivity index (χ1v) is 8.11. The van der Waals surface area contributed by atoms with Gasteiger partial charge in [0, 0.05) is 0 Å². The third-order valence-corrected chi connectivity index (χ3v) is 3.05. The Morgan fingerprint density at radius 1 is 1.36 bits per heavy atom. The number of halogens is 2. The van der Waals surface area contributed by atoms with Crippen LogP contribution in [0.2, 0.25) is 5.31 Å². The van der Waals surface area contributed by atoms with E-state index in [-0.39, 0.29) is 5.31 Å². The fourth-order valence-electron chi connectivity index (χ4n) is 1.60. The second-order valence-electron chi connectivity index (χ2n) is 5.05. The van der Waals surface area contributed by atoms with Gasteiger partial charge in [0.2, 0.25) is 0 Å². The van der Waals surface area contributed by atoms with E-state index in [0.29, 0.717) is 0 Å². The summed E-state index contributed by atoms with van der Waals surface area (Å²) in [5.74, 6) is 0. The van der Waals surface area contributed by atoms with E-state index >= 15 is 0 Å². The van der Waals surface area contributed by atoms with E-state index in [9.17, 15) is 4.57 Å². The zero-order valence-corrected chi connectivity index (χ0v) is 11.8. The number of hydrogen-bond donors (Lipinski definition) is 0. The highest BCUT2D eigenvalue weighted by atomic mass is 35.9. The molecule has 0 fully saturated rings. The second kappa shape index (κ2) is 4.78. The summed E-state index contributed by atoms with van der Waals surface area (Å²) in [6.07, 6.45) is -1.95. The summed E-state index contributed by atoms with van der Waals surface area (Å²) < 4.78 is 16.4. The van der Waals surface area contributed by atoms with Crippen LogP contribution in [0.5, 0.6) is 0 Å². The van der Waals surface area contributed by atoms with Gasteiger partial charge in [-0.1, -0.05) is 26.1 Å². The number of hydrogen-bond acceptors (Lipinski definition) is 2. The largest absolute Gasteiger partial charge is 0.380 e. The molecule has 84 valence electrons. The molecule has 0 aromatic rings. The maximum absolute atomic E-state index is 11.2. The summed E-state index contributed by atoms with van der Waals surface area (Å²) in [4.78, 5) is 0. The topological polar surface area (TPSA) is 26.3 Å². The van der Waals surface area contributed by atoms with Gasteiger partial charge in [0.15, 0.2) is 0 Å². The van der Waals surface area contributed by atoms with Crippen LogP contribution < -0.4 is 0 Å². The van der Waals surface area contributed by atoms with Gasteiger partial charge < -0.3 is 0 Å². The van der Waals surface area contributed by atoms with Crippen LogP contribution in [0.3, 0.4) is 0 Å². The van der Waals surface area contributed by atoms with Crippen molar-refractivity contribution >= 4 is 36.4 Å². The zero-order chi connectivity index (χ0) is 11.6. The maximum Gasteiger partial charge on any atom is 0.380 e. The fourth-order valence-corrected chi connectivity index (χ4v) is 3.31. The molecule has 6 heteroatoms. The molecule has 0 spiro atoms. The molecule has 0 saturated heterocycles. The van der Waals surface area contributed by atoms with Crippen LogP contribution in [0.15, 0.2) is 0 Å². The average Bonchev–Trinajstić information content (AvgIpc) is 1.78. The highest BCUT2D eigenvalue weighted by molar-refractivity contribution is 8.05. The van der Waals surface area contributed by atoms with Crippen LogP contribution in [0.1, 0.15) is 40.5 Å². The molecule has 0 bridgehead atoms. The normalized spacial score (nSPS) is 17.9. The maximum atomic E-state index is 11.2. The molecule has 0 amide bonds. The van der Waals surface area contributed by atoms with Crippen molar-refractivity contribution in [1.82, 2.24) is 0 Å². The van der Waals surface area contributed by atoms with E-state index in [1.807, 2.05) is 13.8 Å². The van der Waals surface area contributed by atoms with Gasteiger partial charge >= 0.3 is 6.07 Å². The molecule has 0 aliphatic rings. The van der Waals surface area contributed by atoms with Crippen LogP contribution in [0.25, 0.3) is 0 Å². The van der Waals surface area contributed by atoms with Gasteiger partial charge in [-0.15, -0.1) is 0 Å². The molecule has 0 aromatic heterocycles. The molecular formula is C8H18BCl2O2P. The highest BCUT2D eigenvalue weighted by Crippen LogP contribution is 2.61. The molecule has 0 heterocycles. The lowest BCUT2D eigenvalue weighted by molar-refractivity contribution is 0.0757. The first-order valence-electron chi connectivity index (χ1n) is 4.68. The zero-order valence-electron chi connectivity index (χ0n) is 9.43. The van der Waals surface area contributed by atoms with Gasteiger partial charge in [0.25, 0.3) is 0 Å². The smallest absolute Gasteiger partial charge is 0.300 e. The predicted octanol–water partition coefficient (Wildman–Crippen LogP) is 3.98. The van der Waals surface area contributed by atoms with E-state index < -0.39 is 11.7 Å². The minimum atomic E-state index is -3.45. The minimum absolute atomic E-state index is 0.0910. The van der Waals surface area contributed by atoms with Crippen molar-refractivity contribution in [2.75, 3.05) is 0 Å². The summed E-state index contributed by atoms with van der Waals surface area (Å²) >= 11 is 10.8. The molecule has 0 saturated carbocycles.